The number of fused-ring (bicyclic) bond motifs is 10. The van der Waals surface area contributed by atoms with Crippen LogP contribution in [0.15, 0.2) is 140 Å². The second-order valence-electron chi connectivity index (χ2n) is 10.8. The third-order valence-corrected chi connectivity index (χ3v) is 9.45. The predicted molar refractivity (Wildman–Crippen MR) is 182 cm³/mol. The van der Waals surface area contributed by atoms with Crippen LogP contribution in [0.1, 0.15) is 0 Å². The molecular formula is C39H23N3S. The molecule has 0 atom stereocenters. The highest BCUT2D eigenvalue weighted by Crippen LogP contribution is 2.48. The van der Waals surface area contributed by atoms with Gasteiger partial charge in [-0.3, -0.25) is 0 Å². The van der Waals surface area contributed by atoms with Crippen LogP contribution in [0.4, 0.5) is 0 Å². The minimum atomic E-state index is 0.687. The summed E-state index contributed by atoms with van der Waals surface area (Å²) in [5, 5.41) is 8.50. The quantitative estimate of drug-likeness (QED) is 0.200. The Bertz CT molecular complexity index is 2440. The standard InChI is InChI=1S/C39H23N3S/c1-3-13-24(14-4-1)31-23-32(42-39(41-31)25-15-5-2-6-16-25)37-35-26-17-7-8-18-27(26)38-36(29-20-10-12-22-33(29)43-38)34(35)28-19-9-11-21-30(28)40-37/h1-23H. The van der Waals surface area contributed by atoms with E-state index < -0.39 is 0 Å². The van der Waals surface area contributed by atoms with Crippen molar-refractivity contribution >= 4 is 64.0 Å². The van der Waals surface area contributed by atoms with E-state index in [9.17, 15) is 0 Å². The number of rotatable bonds is 3. The lowest BCUT2D eigenvalue weighted by Gasteiger charge is -2.15. The first-order chi connectivity index (χ1) is 21.3. The zero-order valence-electron chi connectivity index (χ0n) is 23.0. The van der Waals surface area contributed by atoms with Gasteiger partial charge < -0.3 is 0 Å². The van der Waals surface area contributed by atoms with E-state index in [2.05, 4.69) is 115 Å². The molecule has 0 amide bonds. The van der Waals surface area contributed by atoms with Crippen molar-refractivity contribution in [2.45, 2.75) is 0 Å². The fraction of sp³-hybridized carbons (Fsp3) is 0. The summed E-state index contributed by atoms with van der Waals surface area (Å²) in [5.41, 5.74) is 5.54. The van der Waals surface area contributed by atoms with Crippen LogP contribution in [0, 0.1) is 0 Å². The second kappa shape index (κ2) is 9.55. The zero-order valence-corrected chi connectivity index (χ0v) is 23.8. The van der Waals surface area contributed by atoms with E-state index in [1.165, 1.54) is 36.3 Å². The highest BCUT2D eigenvalue weighted by Gasteiger charge is 2.22. The molecule has 6 aromatic carbocycles. The Morgan fingerprint density at radius 3 is 1.81 bits per heavy atom. The van der Waals surface area contributed by atoms with Gasteiger partial charge in [0, 0.05) is 52.8 Å². The molecule has 9 aromatic rings. The lowest BCUT2D eigenvalue weighted by atomic mass is 9.92. The fourth-order valence-electron chi connectivity index (χ4n) is 6.34. The number of aromatic nitrogens is 3. The van der Waals surface area contributed by atoms with Crippen LogP contribution in [-0.4, -0.2) is 15.0 Å². The van der Waals surface area contributed by atoms with Gasteiger partial charge in [0.1, 0.15) is 0 Å². The molecule has 0 bridgehead atoms. The molecule has 0 spiro atoms. The molecule has 0 fully saturated rings. The number of nitrogens with zero attached hydrogens (tertiary/aromatic N) is 3. The third kappa shape index (κ3) is 3.77. The molecule has 43 heavy (non-hydrogen) atoms. The van der Waals surface area contributed by atoms with Gasteiger partial charge in [-0.05, 0) is 23.6 Å². The van der Waals surface area contributed by atoms with Gasteiger partial charge in [0.25, 0.3) is 0 Å². The van der Waals surface area contributed by atoms with Crippen molar-refractivity contribution in [3.8, 4) is 34.0 Å². The summed E-state index contributed by atoms with van der Waals surface area (Å²) < 4.78 is 2.60. The molecule has 3 heterocycles. The van der Waals surface area contributed by atoms with E-state index in [1.54, 1.807) is 0 Å². The van der Waals surface area contributed by atoms with Crippen molar-refractivity contribution in [3.05, 3.63) is 140 Å². The van der Waals surface area contributed by atoms with Crippen LogP contribution in [-0.2, 0) is 0 Å². The molecule has 0 N–H and O–H groups in total. The van der Waals surface area contributed by atoms with Gasteiger partial charge in [-0.2, -0.15) is 0 Å². The normalized spacial score (nSPS) is 11.7. The maximum absolute atomic E-state index is 5.38. The van der Waals surface area contributed by atoms with Gasteiger partial charge >= 0.3 is 0 Å². The van der Waals surface area contributed by atoms with Gasteiger partial charge in [0.15, 0.2) is 5.82 Å². The maximum atomic E-state index is 5.38. The summed E-state index contributed by atoms with van der Waals surface area (Å²) in [4.78, 5) is 15.6. The van der Waals surface area contributed by atoms with Crippen LogP contribution >= 0.6 is 11.3 Å². The summed E-state index contributed by atoms with van der Waals surface area (Å²) in [6.07, 6.45) is 0. The second-order valence-corrected chi connectivity index (χ2v) is 11.8. The van der Waals surface area contributed by atoms with E-state index in [0.29, 0.717) is 5.82 Å². The molecule has 3 nitrogen and oxygen atoms in total. The molecule has 200 valence electrons. The van der Waals surface area contributed by atoms with Crippen molar-refractivity contribution in [2.75, 3.05) is 0 Å². The van der Waals surface area contributed by atoms with E-state index in [1.807, 2.05) is 35.6 Å². The van der Waals surface area contributed by atoms with Gasteiger partial charge in [-0.15, -0.1) is 11.3 Å². The number of benzene rings is 6. The molecule has 3 aromatic heterocycles. The Morgan fingerprint density at radius 1 is 0.419 bits per heavy atom. The maximum Gasteiger partial charge on any atom is 0.160 e. The number of pyridine rings is 1. The smallest absolute Gasteiger partial charge is 0.160 e. The fourth-order valence-corrected chi connectivity index (χ4v) is 7.59. The van der Waals surface area contributed by atoms with E-state index in [0.717, 1.165) is 44.5 Å². The zero-order chi connectivity index (χ0) is 28.3. The van der Waals surface area contributed by atoms with Crippen LogP contribution in [0.25, 0.3) is 86.7 Å². The van der Waals surface area contributed by atoms with Crippen molar-refractivity contribution in [2.24, 2.45) is 0 Å². The average molecular weight is 566 g/mol. The third-order valence-electron chi connectivity index (χ3n) is 8.25. The number of para-hydroxylation sites is 1. The summed E-state index contributed by atoms with van der Waals surface area (Å²) in [6.45, 7) is 0. The summed E-state index contributed by atoms with van der Waals surface area (Å²) in [6, 6.07) is 48.7. The monoisotopic (exact) mass is 565 g/mol. The van der Waals surface area contributed by atoms with Crippen molar-refractivity contribution in [1.82, 2.24) is 15.0 Å². The van der Waals surface area contributed by atoms with Gasteiger partial charge in [-0.25, -0.2) is 15.0 Å². The first-order valence-corrected chi connectivity index (χ1v) is 15.2. The van der Waals surface area contributed by atoms with Gasteiger partial charge in [0.05, 0.1) is 22.6 Å². The Labute approximate surface area is 251 Å². The van der Waals surface area contributed by atoms with E-state index >= 15 is 0 Å². The van der Waals surface area contributed by atoms with Crippen LogP contribution in [0.3, 0.4) is 0 Å². The van der Waals surface area contributed by atoms with Gasteiger partial charge in [0.2, 0.25) is 0 Å². The van der Waals surface area contributed by atoms with Crippen molar-refractivity contribution in [3.63, 3.8) is 0 Å². The molecule has 0 saturated carbocycles. The van der Waals surface area contributed by atoms with Crippen LogP contribution < -0.4 is 0 Å². The molecule has 9 rings (SSSR count). The summed E-state index contributed by atoms with van der Waals surface area (Å²) >= 11 is 1.87. The van der Waals surface area contributed by atoms with E-state index in [-0.39, 0.29) is 0 Å². The number of thiophene rings is 1. The molecule has 4 heteroatoms. The van der Waals surface area contributed by atoms with Crippen molar-refractivity contribution in [1.29, 1.82) is 0 Å². The Balaban J connectivity index is 1.50. The summed E-state index contributed by atoms with van der Waals surface area (Å²) in [7, 11) is 0. The lowest BCUT2D eigenvalue weighted by molar-refractivity contribution is 1.17. The predicted octanol–water partition coefficient (Wildman–Crippen LogP) is 10.7. The first kappa shape index (κ1) is 24.2. The van der Waals surface area contributed by atoms with Crippen LogP contribution in [0.2, 0.25) is 0 Å². The Hall–Kier alpha value is -5.45. The molecular weight excluding hydrogens is 543 g/mol. The van der Waals surface area contributed by atoms with Gasteiger partial charge in [-0.1, -0.05) is 121 Å². The average Bonchev–Trinajstić information content (AvgIpc) is 3.48. The number of hydrogen-bond donors (Lipinski definition) is 0. The topological polar surface area (TPSA) is 38.7 Å². The minimum absolute atomic E-state index is 0.687. The van der Waals surface area contributed by atoms with E-state index in [4.69, 9.17) is 15.0 Å². The highest BCUT2D eigenvalue weighted by molar-refractivity contribution is 7.27. The minimum Gasteiger partial charge on any atom is -0.245 e. The Kier molecular flexibility index (Phi) is 5.37. The molecule has 0 radical (unpaired) electrons. The molecule has 0 aliphatic carbocycles. The summed E-state index contributed by atoms with van der Waals surface area (Å²) in [5.74, 6) is 0.687. The first-order valence-electron chi connectivity index (χ1n) is 14.4. The lowest BCUT2D eigenvalue weighted by Crippen LogP contribution is -1.99. The molecule has 0 saturated heterocycles. The van der Waals surface area contributed by atoms with Crippen molar-refractivity contribution < 1.29 is 0 Å². The molecule has 0 unspecified atom stereocenters. The van der Waals surface area contributed by atoms with Crippen LogP contribution in [0.5, 0.6) is 0 Å². The largest absolute Gasteiger partial charge is 0.245 e. The SMILES string of the molecule is c1ccc(-c2cc(-c3nc4ccccc4c4c3c3ccccc3c3sc5ccccc5c34)nc(-c3ccccc3)n2)cc1. The molecule has 0 aliphatic rings. The molecule has 0 aliphatic heterocycles. The highest BCUT2D eigenvalue weighted by atomic mass is 32.1. The number of hydrogen-bond acceptors (Lipinski definition) is 4. The Morgan fingerprint density at radius 2 is 1.02 bits per heavy atom.